The van der Waals surface area contributed by atoms with Gasteiger partial charge >= 0.3 is 0 Å². The zero-order valence-electron chi connectivity index (χ0n) is 16.4. The molecule has 1 aliphatic heterocycles. The van der Waals surface area contributed by atoms with Crippen LogP contribution in [0.1, 0.15) is 30.8 Å². The second-order valence-corrected chi connectivity index (χ2v) is 7.10. The van der Waals surface area contributed by atoms with Crippen molar-refractivity contribution in [3.05, 3.63) is 48.4 Å². The number of carbonyl (C=O) groups excluding carboxylic acids is 2. The Labute approximate surface area is 165 Å². The minimum Gasteiger partial charge on any atom is -0.491 e. The first-order valence-corrected chi connectivity index (χ1v) is 9.63. The molecular formula is C21H27N3O4. The van der Waals surface area contributed by atoms with E-state index in [1.165, 1.54) is 6.26 Å². The van der Waals surface area contributed by atoms with Gasteiger partial charge in [0, 0.05) is 44.8 Å². The maximum absolute atomic E-state index is 12.3. The molecule has 0 unspecified atom stereocenters. The van der Waals surface area contributed by atoms with Gasteiger partial charge in [-0.15, -0.1) is 0 Å². The van der Waals surface area contributed by atoms with Crippen molar-refractivity contribution in [3.63, 3.8) is 0 Å². The number of furan rings is 1. The van der Waals surface area contributed by atoms with Crippen molar-refractivity contribution in [2.45, 2.75) is 26.4 Å². The number of carbonyl (C=O) groups is 2. The second kappa shape index (κ2) is 9.41. The van der Waals surface area contributed by atoms with E-state index in [-0.39, 0.29) is 17.9 Å². The quantitative estimate of drug-likeness (QED) is 0.793. The summed E-state index contributed by atoms with van der Waals surface area (Å²) in [6.07, 6.45) is 2.04. The summed E-state index contributed by atoms with van der Waals surface area (Å²) in [4.78, 5) is 28.4. The van der Waals surface area contributed by atoms with Crippen LogP contribution in [-0.4, -0.2) is 60.4 Å². The number of hydrogen-bond acceptors (Lipinski definition) is 5. The molecule has 150 valence electrons. The summed E-state index contributed by atoms with van der Waals surface area (Å²) in [5.74, 6) is 1.06. The van der Waals surface area contributed by atoms with E-state index in [4.69, 9.17) is 9.15 Å². The first-order chi connectivity index (χ1) is 13.5. The molecule has 1 saturated heterocycles. The average Bonchev–Trinajstić information content (AvgIpc) is 3.22. The Balaban J connectivity index is 1.38. The van der Waals surface area contributed by atoms with Crippen molar-refractivity contribution in [1.29, 1.82) is 0 Å². The lowest BCUT2D eigenvalue weighted by Gasteiger charge is -2.34. The Kier molecular flexibility index (Phi) is 6.71. The number of ether oxygens (including phenoxy) is 1. The summed E-state index contributed by atoms with van der Waals surface area (Å²) < 4.78 is 10.8. The molecule has 7 heteroatoms. The number of piperazine rings is 1. The largest absolute Gasteiger partial charge is 0.491 e. The van der Waals surface area contributed by atoms with Gasteiger partial charge in [0.1, 0.15) is 5.75 Å². The summed E-state index contributed by atoms with van der Waals surface area (Å²) in [6, 6.07) is 10.8. The lowest BCUT2D eigenvalue weighted by atomic mass is 10.2. The third kappa shape index (κ3) is 5.60. The second-order valence-electron chi connectivity index (χ2n) is 7.10. The van der Waals surface area contributed by atoms with Gasteiger partial charge in [0.05, 0.1) is 12.4 Å². The lowest BCUT2D eigenvalue weighted by Crippen LogP contribution is -2.49. The third-order valence-electron chi connectivity index (χ3n) is 4.56. The molecule has 0 radical (unpaired) electrons. The van der Waals surface area contributed by atoms with Crippen LogP contribution in [0.15, 0.2) is 47.1 Å². The van der Waals surface area contributed by atoms with Crippen LogP contribution in [0.4, 0.5) is 5.69 Å². The fraction of sp³-hybridized carbons (Fsp3) is 0.429. The van der Waals surface area contributed by atoms with E-state index in [0.29, 0.717) is 31.8 Å². The first-order valence-electron chi connectivity index (χ1n) is 9.63. The van der Waals surface area contributed by atoms with Gasteiger partial charge in [0.2, 0.25) is 5.91 Å². The average molecular weight is 385 g/mol. The number of amides is 2. The predicted octanol–water partition coefficient (Wildman–Crippen LogP) is 2.85. The van der Waals surface area contributed by atoms with Gasteiger partial charge in [-0.05, 0) is 50.2 Å². The summed E-state index contributed by atoms with van der Waals surface area (Å²) in [5, 5.41) is 2.91. The van der Waals surface area contributed by atoms with Crippen LogP contribution in [0.25, 0.3) is 0 Å². The zero-order chi connectivity index (χ0) is 19.9. The van der Waals surface area contributed by atoms with Gasteiger partial charge in [0.15, 0.2) is 5.76 Å². The minimum absolute atomic E-state index is 0.0216. The first kappa shape index (κ1) is 19.9. The van der Waals surface area contributed by atoms with Gasteiger partial charge in [0.25, 0.3) is 5.91 Å². The number of rotatable bonds is 7. The summed E-state index contributed by atoms with van der Waals surface area (Å²) in [5.41, 5.74) is 0.759. The highest BCUT2D eigenvalue weighted by atomic mass is 16.5. The van der Waals surface area contributed by atoms with Crippen molar-refractivity contribution >= 4 is 17.5 Å². The number of benzene rings is 1. The number of nitrogens with one attached hydrogen (secondary N) is 1. The highest BCUT2D eigenvalue weighted by molar-refractivity contribution is 5.91. The smallest absolute Gasteiger partial charge is 0.289 e. The molecule has 7 nitrogen and oxygen atoms in total. The topological polar surface area (TPSA) is 75.0 Å². The van der Waals surface area contributed by atoms with E-state index in [1.54, 1.807) is 17.0 Å². The Hall–Kier alpha value is -2.80. The van der Waals surface area contributed by atoms with Crippen LogP contribution >= 0.6 is 0 Å². The molecule has 0 aliphatic carbocycles. The Morgan fingerprint density at radius 3 is 2.43 bits per heavy atom. The Bertz CT molecular complexity index is 763. The molecule has 0 atom stereocenters. The molecule has 28 heavy (non-hydrogen) atoms. The number of hydrogen-bond donors (Lipinski definition) is 1. The molecule has 0 saturated carbocycles. The summed E-state index contributed by atoms with van der Waals surface area (Å²) in [6.45, 7) is 7.40. The van der Waals surface area contributed by atoms with Gasteiger partial charge < -0.3 is 19.4 Å². The maximum Gasteiger partial charge on any atom is 0.289 e. The van der Waals surface area contributed by atoms with Crippen LogP contribution in [0, 0.1) is 0 Å². The SMILES string of the molecule is CC(C)Oc1ccc(NC(=O)CCN2CCN(C(=O)c3ccco3)CC2)cc1. The van der Waals surface area contributed by atoms with Crippen molar-refractivity contribution < 1.29 is 18.7 Å². The maximum atomic E-state index is 12.3. The van der Waals surface area contributed by atoms with E-state index in [0.717, 1.165) is 24.5 Å². The van der Waals surface area contributed by atoms with Crippen molar-refractivity contribution in [2.75, 3.05) is 38.0 Å². The van der Waals surface area contributed by atoms with Crippen molar-refractivity contribution in [2.24, 2.45) is 0 Å². The predicted molar refractivity (Wildman–Crippen MR) is 107 cm³/mol. The summed E-state index contributed by atoms with van der Waals surface area (Å²) >= 11 is 0. The molecule has 2 aromatic rings. The van der Waals surface area contributed by atoms with E-state index in [9.17, 15) is 9.59 Å². The van der Waals surface area contributed by atoms with Crippen LogP contribution in [0.2, 0.25) is 0 Å². The molecular weight excluding hydrogens is 358 g/mol. The van der Waals surface area contributed by atoms with Gasteiger partial charge in [-0.25, -0.2) is 0 Å². The fourth-order valence-corrected chi connectivity index (χ4v) is 3.10. The van der Waals surface area contributed by atoms with Gasteiger partial charge in [-0.3, -0.25) is 14.5 Å². The van der Waals surface area contributed by atoms with Gasteiger partial charge in [-0.1, -0.05) is 0 Å². The highest BCUT2D eigenvalue weighted by Gasteiger charge is 2.23. The number of anilines is 1. The van der Waals surface area contributed by atoms with Crippen LogP contribution < -0.4 is 10.1 Å². The molecule has 0 spiro atoms. The minimum atomic E-state index is -0.0766. The molecule has 1 N–H and O–H groups in total. The third-order valence-corrected chi connectivity index (χ3v) is 4.56. The van der Waals surface area contributed by atoms with Crippen LogP contribution in [-0.2, 0) is 4.79 Å². The molecule has 0 bridgehead atoms. The van der Waals surface area contributed by atoms with E-state index in [1.807, 2.05) is 38.1 Å². The van der Waals surface area contributed by atoms with Crippen LogP contribution in [0.3, 0.4) is 0 Å². The molecule has 1 aromatic carbocycles. The molecule has 2 heterocycles. The molecule has 3 rings (SSSR count). The lowest BCUT2D eigenvalue weighted by molar-refractivity contribution is -0.116. The molecule has 1 fully saturated rings. The summed E-state index contributed by atoms with van der Waals surface area (Å²) in [7, 11) is 0. The fourth-order valence-electron chi connectivity index (χ4n) is 3.10. The van der Waals surface area contributed by atoms with E-state index in [2.05, 4.69) is 10.2 Å². The zero-order valence-corrected chi connectivity index (χ0v) is 16.4. The Morgan fingerprint density at radius 2 is 1.82 bits per heavy atom. The van der Waals surface area contributed by atoms with Crippen molar-refractivity contribution in [3.8, 4) is 5.75 Å². The molecule has 1 aromatic heterocycles. The van der Waals surface area contributed by atoms with Gasteiger partial charge in [-0.2, -0.15) is 0 Å². The van der Waals surface area contributed by atoms with Crippen molar-refractivity contribution in [1.82, 2.24) is 9.80 Å². The van der Waals surface area contributed by atoms with E-state index >= 15 is 0 Å². The normalized spacial score (nSPS) is 14.9. The van der Waals surface area contributed by atoms with Crippen LogP contribution in [0.5, 0.6) is 5.75 Å². The highest BCUT2D eigenvalue weighted by Crippen LogP contribution is 2.17. The Morgan fingerprint density at radius 1 is 1.11 bits per heavy atom. The standard InChI is InChI=1S/C21H27N3O4/c1-16(2)28-18-7-5-17(6-8-18)22-20(25)9-10-23-11-13-24(14-12-23)21(26)19-4-3-15-27-19/h3-8,15-16H,9-14H2,1-2H3,(H,22,25). The molecule has 2 amide bonds. The number of nitrogens with zero attached hydrogens (tertiary/aromatic N) is 2. The molecule has 1 aliphatic rings. The monoisotopic (exact) mass is 385 g/mol. The van der Waals surface area contributed by atoms with E-state index < -0.39 is 0 Å².